The van der Waals surface area contributed by atoms with Gasteiger partial charge < -0.3 is 15.4 Å². The number of rotatable bonds is 8. The Morgan fingerprint density at radius 1 is 1.10 bits per heavy atom. The van der Waals surface area contributed by atoms with Crippen molar-refractivity contribution in [1.82, 2.24) is 9.80 Å². The van der Waals surface area contributed by atoms with Crippen LogP contribution in [0.5, 0.6) is 0 Å². The zero-order valence-electron chi connectivity index (χ0n) is 18.6. The molecule has 2 N–H and O–H groups in total. The van der Waals surface area contributed by atoms with Crippen LogP contribution in [0.3, 0.4) is 0 Å². The fourth-order valence-electron chi connectivity index (χ4n) is 4.65. The summed E-state index contributed by atoms with van der Waals surface area (Å²) < 4.78 is 5.17. The van der Waals surface area contributed by atoms with Gasteiger partial charge in [0.05, 0.1) is 12.6 Å². The van der Waals surface area contributed by atoms with Gasteiger partial charge in [0.25, 0.3) is 0 Å². The lowest BCUT2D eigenvalue weighted by molar-refractivity contribution is -0.145. The quantitative estimate of drug-likeness (QED) is 0.620. The standard InChI is InChI=1S/C22H39N3O4/c1-5-29-20(27)13-16-8-12-25(19(26)14-22(2,3)4)15-17(16)9-11-24-10-6-7-18(24)21(23)28/h16-18H,5-15H2,1-4H3,(H2,23,28). The highest BCUT2D eigenvalue weighted by molar-refractivity contribution is 5.80. The Morgan fingerprint density at radius 2 is 1.83 bits per heavy atom. The van der Waals surface area contributed by atoms with Crippen LogP contribution >= 0.6 is 0 Å². The summed E-state index contributed by atoms with van der Waals surface area (Å²) in [5.74, 6) is 0.214. The molecule has 2 aliphatic rings. The minimum atomic E-state index is -0.254. The van der Waals surface area contributed by atoms with Crippen LogP contribution in [0.15, 0.2) is 0 Å². The van der Waals surface area contributed by atoms with E-state index in [4.69, 9.17) is 10.5 Å². The summed E-state index contributed by atoms with van der Waals surface area (Å²) in [6, 6.07) is -0.180. The van der Waals surface area contributed by atoms with Crippen LogP contribution in [0.25, 0.3) is 0 Å². The van der Waals surface area contributed by atoms with E-state index in [1.807, 2.05) is 11.8 Å². The molecule has 2 amide bonds. The molecule has 0 aromatic rings. The molecule has 0 aromatic heterocycles. The normalized spacial score (nSPS) is 25.8. The molecule has 2 saturated heterocycles. The van der Waals surface area contributed by atoms with Crippen LogP contribution in [0.4, 0.5) is 0 Å². The first-order chi connectivity index (χ1) is 13.6. The van der Waals surface area contributed by atoms with Crippen LogP contribution in [-0.4, -0.2) is 66.4 Å². The van der Waals surface area contributed by atoms with Gasteiger partial charge in [0.2, 0.25) is 11.8 Å². The van der Waals surface area contributed by atoms with Gasteiger partial charge in [-0.3, -0.25) is 19.3 Å². The van der Waals surface area contributed by atoms with Crippen LogP contribution in [0.1, 0.15) is 66.2 Å². The molecule has 0 bridgehead atoms. The summed E-state index contributed by atoms with van der Waals surface area (Å²) in [5, 5.41) is 0. The second-order valence-electron chi connectivity index (χ2n) is 9.78. The lowest BCUT2D eigenvalue weighted by Crippen LogP contribution is -2.47. The number of hydrogen-bond donors (Lipinski definition) is 1. The number of carbonyl (C=O) groups excluding carboxylic acids is 3. The number of hydrogen-bond acceptors (Lipinski definition) is 5. The zero-order valence-corrected chi connectivity index (χ0v) is 18.6. The van der Waals surface area contributed by atoms with Crippen molar-refractivity contribution >= 4 is 17.8 Å². The molecule has 2 aliphatic heterocycles. The molecule has 0 aromatic carbocycles. The highest BCUT2D eigenvalue weighted by atomic mass is 16.5. The number of ether oxygens (including phenoxy) is 1. The van der Waals surface area contributed by atoms with Crippen molar-refractivity contribution in [2.45, 2.75) is 72.3 Å². The highest BCUT2D eigenvalue weighted by Gasteiger charge is 2.35. The van der Waals surface area contributed by atoms with E-state index in [-0.39, 0.29) is 41.1 Å². The van der Waals surface area contributed by atoms with E-state index in [9.17, 15) is 14.4 Å². The van der Waals surface area contributed by atoms with E-state index < -0.39 is 0 Å². The Morgan fingerprint density at radius 3 is 2.45 bits per heavy atom. The molecule has 0 aliphatic carbocycles. The Bertz CT molecular complexity index is 587. The van der Waals surface area contributed by atoms with Crippen molar-refractivity contribution in [3.05, 3.63) is 0 Å². The molecule has 7 nitrogen and oxygen atoms in total. The molecule has 2 heterocycles. The first-order valence-corrected chi connectivity index (χ1v) is 11.1. The van der Waals surface area contributed by atoms with E-state index in [0.29, 0.717) is 32.5 Å². The fraction of sp³-hybridized carbons (Fsp3) is 0.864. The average Bonchev–Trinajstić information content (AvgIpc) is 3.08. The topological polar surface area (TPSA) is 92.9 Å². The van der Waals surface area contributed by atoms with Gasteiger partial charge in [-0.05, 0) is 62.9 Å². The maximum Gasteiger partial charge on any atom is 0.306 e. The van der Waals surface area contributed by atoms with Gasteiger partial charge in [-0.15, -0.1) is 0 Å². The maximum atomic E-state index is 12.8. The number of amides is 2. The molecule has 2 rings (SSSR count). The van der Waals surface area contributed by atoms with Crippen molar-refractivity contribution in [3.8, 4) is 0 Å². The van der Waals surface area contributed by atoms with Crippen molar-refractivity contribution in [2.24, 2.45) is 23.0 Å². The van der Waals surface area contributed by atoms with Crippen LogP contribution in [-0.2, 0) is 19.1 Å². The van der Waals surface area contributed by atoms with Gasteiger partial charge in [-0.2, -0.15) is 0 Å². The number of carbonyl (C=O) groups is 3. The molecule has 29 heavy (non-hydrogen) atoms. The van der Waals surface area contributed by atoms with E-state index in [2.05, 4.69) is 25.7 Å². The Hall–Kier alpha value is -1.63. The smallest absolute Gasteiger partial charge is 0.306 e. The van der Waals surface area contributed by atoms with Gasteiger partial charge in [0, 0.05) is 25.9 Å². The van der Waals surface area contributed by atoms with Gasteiger partial charge in [0.15, 0.2) is 0 Å². The lowest BCUT2D eigenvalue weighted by atomic mass is 9.80. The van der Waals surface area contributed by atoms with Gasteiger partial charge in [-0.25, -0.2) is 0 Å². The van der Waals surface area contributed by atoms with Crippen molar-refractivity contribution in [2.75, 3.05) is 32.8 Å². The molecule has 3 unspecified atom stereocenters. The molecular formula is C22H39N3O4. The van der Waals surface area contributed by atoms with Crippen LogP contribution in [0, 0.1) is 17.3 Å². The number of nitrogens with two attached hydrogens (primary N) is 1. The minimum Gasteiger partial charge on any atom is -0.466 e. The Kier molecular flexibility index (Phi) is 8.49. The second kappa shape index (κ2) is 10.4. The first kappa shape index (κ1) is 23.6. The summed E-state index contributed by atoms with van der Waals surface area (Å²) in [6.45, 7) is 11.5. The molecule has 7 heteroatoms. The van der Waals surface area contributed by atoms with E-state index in [1.165, 1.54) is 0 Å². The summed E-state index contributed by atoms with van der Waals surface area (Å²) in [7, 11) is 0. The number of nitrogens with zero attached hydrogens (tertiary/aromatic N) is 2. The number of piperidine rings is 1. The van der Waals surface area contributed by atoms with E-state index in [1.54, 1.807) is 0 Å². The fourth-order valence-corrected chi connectivity index (χ4v) is 4.65. The number of esters is 1. The molecule has 0 spiro atoms. The third-order valence-corrected chi connectivity index (χ3v) is 6.14. The minimum absolute atomic E-state index is 0.0430. The zero-order chi connectivity index (χ0) is 21.6. The largest absolute Gasteiger partial charge is 0.466 e. The third-order valence-electron chi connectivity index (χ3n) is 6.14. The molecule has 166 valence electrons. The van der Waals surface area contributed by atoms with Crippen molar-refractivity contribution < 1.29 is 19.1 Å². The first-order valence-electron chi connectivity index (χ1n) is 11.1. The molecule has 2 fully saturated rings. The van der Waals surface area contributed by atoms with Gasteiger partial charge in [0.1, 0.15) is 0 Å². The van der Waals surface area contributed by atoms with Crippen molar-refractivity contribution in [3.63, 3.8) is 0 Å². The molecule has 3 atom stereocenters. The number of primary amides is 1. The van der Waals surface area contributed by atoms with Crippen LogP contribution in [0.2, 0.25) is 0 Å². The van der Waals surface area contributed by atoms with E-state index >= 15 is 0 Å². The van der Waals surface area contributed by atoms with Gasteiger partial charge in [-0.1, -0.05) is 20.8 Å². The Balaban J connectivity index is 2.01. The monoisotopic (exact) mass is 409 g/mol. The summed E-state index contributed by atoms with van der Waals surface area (Å²) in [6.07, 6.45) is 4.41. The summed E-state index contributed by atoms with van der Waals surface area (Å²) in [5.41, 5.74) is 5.51. The SMILES string of the molecule is CCOC(=O)CC1CCN(C(=O)CC(C)(C)C)CC1CCN1CCCC1C(N)=O. The highest BCUT2D eigenvalue weighted by Crippen LogP contribution is 2.32. The molecular weight excluding hydrogens is 370 g/mol. The Labute approximate surface area is 175 Å². The predicted octanol–water partition coefficient (Wildman–Crippen LogP) is 2.18. The second-order valence-corrected chi connectivity index (χ2v) is 9.78. The van der Waals surface area contributed by atoms with Gasteiger partial charge >= 0.3 is 5.97 Å². The molecule has 0 saturated carbocycles. The lowest BCUT2D eigenvalue weighted by Gasteiger charge is -2.40. The third kappa shape index (κ3) is 7.28. The van der Waals surface area contributed by atoms with Crippen molar-refractivity contribution in [1.29, 1.82) is 0 Å². The maximum absolute atomic E-state index is 12.8. The van der Waals surface area contributed by atoms with Crippen LogP contribution < -0.4 is 5.73 Å². The molecule has 0 radical (unpaired) electrons. The summed E-state index contributed by atoms with van der Waals surface area (Å²) >= 11 is 0. The average molecular weight is 410 g/mol. The number of likely N-dealkylation sites (tertiary alicyclic amines) is 2. The van der Waals surface area contributed by atoms with E-state index in [0.717, 1.165) is 38.8 Å². The predicted molar refractivity (Wildman–Crippen MR) is 112 cm³/mol. The summed E-state index contributed by atoms with van der Waals surface area (Å²) in [4.78, 5) is 40.7.